The third kappa shape index (κ3) is 6.29. The highest BCUT2D eigenvalue weighted by atomic mass is 36.0. The first-order valence-electron chi connectivity index (χ1n) is 10.0. The van der Waals surface area contributed by atoms with E-state index in [1.807, 2.05) is 66.7 Å². The van der Waals surface area contributed by atoms with Gasteiger partial charge in [0.15, 0.2) is 0 Å². The quantitative estimate of drug-likeness (QED) is 0.114. The van der Waals surface area contributed by atoms with Crippen LogP contribution in [0.4, 0.5) is 0 Å². The average molecular weight is 564 g/mol. The van der Waals surface area contributed by atoms with Crippen LogP contribution < -0.4 is 5.56 Å². The number of hydrogen-bond acceptors (Lipinski definition) is 5. The molecule has 6 nitrogen and oxygen atoms in total. The summed E-state index contributed by atoms with van der Waals surface area (Å²) in [5.41, 5.74) is 1.58. The third-order valence-corrected chi connectivity index (χ3v) is 5.32. The molecule has 0 aliphatic rings. The van der Waals surface area contributed by atoms with E-state index >= 15 is 0 Å². The van der Waals surface area contributed by atoms with E-state index in [1.165, 1.54) is 18.0 Å². The second-order valence-corrected chi connectivity index (χ2v) is 14.2. The molecule has 2 aromatic heterocycles. The van der Waals surface area contributed by atoms with Crippen molar-refractivity contribution >= 4 is 93.9 Å². The van der Waals surface area contributed by atoms with E-state index in [2.05, 4.69) is 59.7 Å². The average Bonchev–Trinajstić information content (AvgIpc) is 2.84. The maximum absolute atomic E-state index is 11.5. The Balaban J connectivity index is 0.000000139. The van der Waals surface area contributed by atoms with Crippen LogP contribution in [0.1, 0.15) is 0 Å². The molecular formula is C24H15Cl4N4O2P. The highest BCUT2D eigenvalue weighted by Gasteiger charge is 2.05. The standard InChI is InChI=1S/C12H7ClN2.C12H8N2O.Cl3OP/c13-12-10-6-5-8-3-1-2-4-9(8)11(10)14-7-15-12;15-12-10-6-5-8-3-1-2-4-9(8)11(10)13-7-14-12;1-5(2,3)4/h1-7H;1-7H,(H,13,14,15);. The Hall–Kier alpha value is -2.73. The highest BCUT2D eigenvalue weighted by molar-refractivity contribution is 8.24. The fourth-order valence-electron chi connectivity index (χ4n) is 3.58. The molecule has 35 heavy (non-hydrogen) atoms. The Bertz CT molecular complexity index is 1760. The van der Waals surface area contributed by atoms with E-state index in [9.17, 15) is 9.36 Å². The zero-order valence-electron chi connectivity index (χ0n) is 17.7. The SMILES string of the molecule is Clc1ncnc2c1ccc1ccccc12.O=P(Cl)(Cl)Cl.O=c1[nH]cnc2c1ccc1ccccc12. The Kier molecular flexibility index (Phi) is 7.90. The van der Waals surface area contributed by atoms with Gasteiger partial charge in [-0.05, 0) is 56.6 Å². The molecule has 0 amide bonds. The van der Waals surface area contributed by atoms with Gasteiger partial charge in [-0.1, -0.05) is 72.3 Å². The van der Waals surface area contributed by atoms with E-state index in [0.29, 0.717) is 10.5 Å². The molecule has 0 spiro atoms. The van der Waals surface area contributed by atoms with Crippen LogP contribution in [0.2, 0.25) is 5.15 Å². The molecule has 0 aliphatic heterocycles. The fraction of sp³-hybridized carbons (Fsp3) is 0. The lowest BCUT2D eigenvalue weighted by molar-refractivity contribution is 0.600. The van der Waals surface area contributed by atoms with Gasteiger partial charge in [-0.2, -0.15) is 0 Å². The molecule has 0 fully saturated rings. The molecule has 1 N–H and O–H groups in total. The minimum Gasteiger partial charge on any atom is -0.313 e. The van der Waals surface area contributed by atoms with Crippen molar-refractivity contribution in [2.24, 2.45) is 0 Å². The van der Waals surface area contributed by atoms with Gasteiger partial charge in [-0.15, -0.1) is 0 Å². The molecule has 4 aromatic carbocycles. The number of halogens is 4. The molecule has 2 heterocycles. The number of hydrogen-bond donors (Lipinski definition) is 1. The molecule has 11 heteroatoms. The van der Waals surface area contributed by atoms with Crippen molar-refractivity contribution in [2.75, 3.05) is 0 Å². The van der Waals surface area contributed by atoms with Crippen LogP contribution in [0, 0.1) is 0 Å². The van der Waals surface area contributed by atoms with Crippen molar-refractivity contribution in [1.29, 1.82) is 0 Å². The molecule has 0 radical (unpaired) electrons. The lowest BCUT2D eigenvalue weighted by Gasteiger charge is -2.02. The molecule has 0 saturated heterocycles. The smallest absolute Gasteiger partial charge is 0.313 e. The van der Waals surface area contributed by atoms with Gasteiger partial charge < -0.3 is 4.98 Å². The Morgan fingerprint density at radius 3 is 1.77 bits per heavy atom. The molecule has 6 rings (SSSR count). The van der Waals surface area contributed by atoms with Crippen molar-refractivity contribution < 1.29 is 4.57 Å². The van der Waals surface area contributed by atoms with Crippen molar-refractivity contribution in [2.45, 2.75) is 0 Å². The first kappa shape index (κ1) is 25.4. The van der Waals surface area contributed by atoms with Gasteiger partial charge in [0, 0.05) is 16.2 Å². The van der Waals surface area contributed by atoms with Gasteiger partial charge in [0.25, 0.3) is 5.56 Å². The van der Waals surface area contributed by atoms with Crippen LogP contribution in [-0.4, -0.2) is 19.9 Å². The van der Waals surface area contributed by atoms with Crippen molar-refractivity contribution in [3.05, 3.63) is 101 Å². The normalized spacial score (nSPS) is 11.1. The second-order valence-electron chi connectivity index (χ2n) is 7.16. The zero-order valence-corrected chi connectivity index (χ0v) is 21.6. The Labute approximate surface area is 218 Å². The lowest BCUT2D eigenvalue weighted by atomic mass is 10.1. The van der Waals surface area contributed by atoms with Gasteiger partial charge in [-0.25, -0.2) is 15.0 Å². The Morgan fingerprint density at radius 2 is 1.17 bits per heavy atom. The minimum absolute atomic E-state index is 0.0919. The number of benzene rings is 4. The van der Waals surface area contributed by atoms with E-state index in [0.717, 1.165) is 32.6 Å². The third-order valence-electron chi connectivity index (χ3n) is 5.02. The topological polar surface area (TPSA) is 88.6 Å². The van der Waals surface area contributed by atoms with Gasteiger partial charge in [0.1, 0.15) is 11.5 Å². The van der Waals surface area contributed by atoms with Crippen LogP contribution in [0.25, 0.3) is 43.4 Å². The summed E-state index contributed by atoms with van der Waals surface area (Å²) in [6.07, 6.45) is 2.94. The number of nitrogens with one attached hydrogen (secondary N) is 1. The van der Waals surface area contributed by atoms with Crippen molar-refractivity contribution in [1.82, 2.24) is 19.9 Å². The van der Waals surface area contributed by atoms with Gasteiger partial charge >= 0.3 is 5.20 Å². The van der Waals surface area contributed by atoms with E-state index in [-0.39, 0.29) is 5.56 Å². The predicted molar refractivity (Wildman–Crippen MR) is 147 cm³/mol. The summed E-state index contributed by atoms with van der Waals surface area (Å²) >= 11 is 19.9. The molecule has 0 atom stereocenters. The molecular weight excluding hydrogens is 549 g/mol. The number of nitrogens with zero attached hydrogens (tertiary/aromatic N) is 3. The monoisotopic (exact) mass is 562 g/mol. The van der Waals surface area contributed by atoms with Gasteiger partial charge in [-0.3, -0.25) is 9.36 Å². The maximum Gasteiger partial charge on any atom is 0.339 e. The summed E-state index contributed by atoms with van der Waals surface area (Å²) in [5.74, 6) is 0. The first-order valence-corrected chi connectivity index (χ1v) is 14.8. The summed E-state index contributed by atoms with van der Waals surface area (Å²) in [6, 6.07) is 23.8. The molecule has 0 saturated carbocycles. The van der Waals surface area contributed by atoms with Gasteiger partial charge in [0.2, 0.25) is 0 Å². The largest absolute Gasteiger partial charge is 0.339 e. The van der Waals surface area contributed by atoms with Crippen LogP contribution in [0.3, 0.4) is 0 Å². The molecule has 176 valence electrons. The number of aromatic amines is 1. The minimum atomic E-state index is -3.22. The van der Waals surface area contributed by atoms with Crippen molar-refractivity contribution in [3.8, 4) is 0 Å². The number of aromatic nitrogens is 4. The summed E-state index contributed by atoms with van der Waals surface area (Å²) in [4.78, 5) is 26.6. The number of H-pyrrole nitrogens is 1. The van der Waals surface area contributed by atoms with Crippen LogP contribution in [0.5, 0.6) is 0 Å². The molecule has 6 aromatic rings. The molecule has 0 unspecified atom stereocenters. The molecule has 0 aliphatic carbocycles. The first-order chi connectivity index (χ1) is 16.7. The van der Waals surface area contributed by atoms with Crippen LogP contribution >= 0.6 is 50.5 Å². The zero-order chi connectivity index (χ0) is 25.0. The summed E-state index contributed by atoms with van der Waals surface area (Å²) in [7, 11) is 0. The van der Waals surface area contributed by atoms with Crippen LogP contribution in [0.15, 0.2) is 90.2 Å². The number of rotatable bonds is 0. The fourth-order valence-corrected chi connectivity index (χ4v) is 3.77. The lowest BCUT2D eigenvalue weighted by Crippen LogP contribution is -2.05. The van der Waals surface area contributed by atoms with Gasteiger partial charge in [0.05, 0.1) is 22.7 Å². The second kappa shape index (κ2) is 10.9. The maximum atomic E-state index is 11.5. The summed E-state index contributed by atoms with van der Waals surface area (Å²) in [5, 5.41) is 3.21. The number of fused-ring (bicyclic) bond motifs is 6. The summed E-state index contributed by atoms with van der Waals surface area (Å²) < 4.78 is 9.51. The predicted octanol–water partition coefficient (Wildman–Crippen LogP) is 8.32. The van der Waals surface area contributed by atoms with E-state index in [4.69, 9.17) is 11.6 Å². The summed E-state index contributed by atoms with van der Waals surface area (Å²) in [6.45, 7) is 0. The molecule has 0 bridgehead atoms. The van der Waals surface area contributed by atoms with Crippen molar-refractivity contribution in [3.63, 3.8) is 0 Å². The van der Waals surface area contributed by atoms with E-state index in [1.54, 1.807) is 0 Å². The van der Waals surface area contributed by atoms with E-state index < -0.39 is 5.20 Å². The highest BCUT2D eigenvalue weighted by Crippen LogP contribution is 2.61. The van der Waals surface area contributed by atoms with Crippen LogP contribution in [-0.2, 0) is 4.57 Å². The Morgan fingerprint density at radius 1 is 0.657 bits per heavy atom.